The minimum atomic E-state index is -1.26. The van der Waals surface area contributed by atoms with Crippen molar-refractivity contribution in [2.45, 2.75) is 13.2 Å². The third kappa shape index (κ3) is 5.62. The van der Waals surface area contributed by atoms with Gasteiger partial charge in [-0.25, -0.2) is 4.79 Å². The lowest BCUT2D eigenvalue weighted by Crippen LogP contribution is -2.30. The molecule has 3 amide bonds. The molecule has 178 valence electrons. The Bertz CT molecular complexity index is 1320. The molecule has 0 radical (unpaired) electrons. The van der Waals surface area contributed by atoms with Gasteiger partial charge in [0.1, 0.15) is 12.3 Å². The molecule has 1 aliphatic rings. The van der Waals surface area contributed by atoms with Gasteiger partial charge in [0.25, 0.3) is 5.91 Å². The molecule has 3 aromatic carbocycles. The standard InChI is InChI=1S/C26H21ClN2O6/c1-34-23-13-17(7-10-22(23)35-15-18-3-2-4-19(11-18)25(31)32)12-21-24(30)29(26(33)28-21)14-16-5-8-20(27)9-6-16/h2-13H,14-15H2,1H3,(H,28,33)(H,31,32)/p-1/b21-12+. The largest absolute Gasteiger partial charge is 0.545 e. The van der Waals surface area contributed by atoms with E-state index < -0.39 is 17.9 Å². The maximum atomic E-state index is 12.8. The SMILES string of the molecule is COc1cc(/C=C2/NC(=O)N(Cc3ccc(Cl)cc3)C2=O)ccc1OCc1cccc(C(=O)[O-])c1. The van der Waals surface area contributed by atoms with Crippen LogP contribution in [0.15, 0.2) is 72.4 Å². The number of ether oxygens (including phenoxy) is 2. The lowest BCUT2D eigenvalue weighted by Gasteiger charge is -2.12. The summed E-state index contributed by atoms with van der Waals surface area (Å²) < 4.78 is 11.2. The number of amides is 3. The van der Waals surface area contributed by atoms with Crippen LogP contribution in [0.2, 0.25) is 5.02 Å². The van der Waals surface area contributed by atoms with E-state index >= 15 is 0 Å². The molecule has 35 heavy (non-hydrogen) atoms. The summed E-state index contributed by atoms with van der Waals surface area (Å²) in [6.07, 6.45) is 1.55. The molecule has 0 atom stereocenters. The first kappa shape index (κ1) is 23.8. The lowest BCUT2D eigenvalue weighted by atomic mass is 10.1. The number of carboxylic acid groups (broad SMARTS) is 1. The number of nitrogens with one attached hydrogen (secondary N) is 1. The predicted molar refractivity (Wildman–Crippen MR) is 127 cm³/mol. The topological polar surface area (TPSA) is 108 Å². The molecular weight excluding hydrogens is 472 g/mol. The van der Waals surface area contributed by atoms with E-state index in [0.717, 1.165) is 10.5 Å². The van der Waals surface area contributed by atoms with Crippen molar-refractivity contribution in [1.29, 1.82) is 0 Å². The van der Waals surface area contributed by atoms with Crippen molar-refractivity contribution in [2.24, 2.45) is 0 Å². The first-order valence-electron chi connectivity index (χ1n) is 10.5. The fourth-order valence-electron chi connectivity index (χ4n) is 3.50. The molecule has 1 aliphatic heterocycles. The molecular formula is C26H20ClN2O6-. The molecule has 1 saturated heterocycles. The molecule has 3 aromatic rings. The number of methoxy groups -OCH3 is 1. The minimum absolute atomic E-state index is 0.0634. The number of halogens is 1. The molecule has 0 saturated carbocycles. The summed E-state index contributed by atoms with van der Waals surface area (Å²) in [7, 11) is 1.48. The van der Waals surface area contributed by atoms with E-state index in [-0.39, 0.29) is 24.4 Å². The summed E-state index contributed by atoms with van der Waals surface area (Å²) in [5, 5.41) is 14.2. The first-order valence-corrected chi connectivity index (χ1v) is 10.9. The second kappa shape index (κ2) is 10.3. The van der Waals surface area contributed by atoms with Crippen LogP contribution in [0, 0.1) is 0 Å². The number of aromatic carboxylic acids is 1. The van der Waals surface area contributed by atoms with Gasteiger partial charge in [-0.15, -0.1) is 0 Å². The zero-order valence-corrected chi connectivity index (χ0v) is 19.4. The number of hydrogen-bond donors (Lipinski definition) is 1. The molecule has 4 rings (SSSR count). The number of imide groups is 1. The van der Waals surface area contributed by atoms with Crippen LogP contribution in [-0.4, -0.2) is 29.9 Å². The summed E-state index contributed by atoms with van der Waals surface area (Å²) in [5.74, 6) is -0.871. The fourth-order valence-corrected chi connectivity index (χ4v) is 3.62. The molecule has 0 aliphatic carbocycles. The Morgan fingerprint density at radius 3 is 2.51 bits per heavy atom. The van der Waals surface area contributed by atoms with Crippen LogP contribution in [0.3, 0.4) is 0 Å². The second-order valence-electron chi connectivity index (χ2n) is 7.69. The van der Waals surface area contributed by atoms with Crippen LogP contribution in [-0.2, 0) is 17.9 Å². The van der Waals surface area contributed by atoms with Crippen molar-refractivity contribution in [3.63, 3.8) is 0 Å². The third-order valence-electron chi connectivity index (χ3n) is 5.27. The van der Waals surface area contributed by atoms with E-state index in [4.69, 9.17) is 21.1 Å². The van der Waals surface area contributed by atoms with Gasteiger partial charge in [0, 0.05) is 5.02 Å². The van der Waals surface area contributed by atoms with Crippen molar-refractivity contribution >= 4 is 35.6 Å². The predicted octanol–water partition coefficient (Wildman–Crippen LogP) is 3.38. The van der Waals surface area contributed by atoms with Crippen LogP contribution in [0.5, 0.6) is 11.5 Å². The molecule has 0 unspecified atom stereocenters. The van der Waals surface area contributed by atoms with Gasteiger partial charge in [-0.05, 0) is 58.7 Å². The van der Waals surface area contributed by atoms with Crippen LogP contribution < -0.4 is 19.9 Å². The van der Waals surface area contributed by atoms with E-state index in [0.29, 0.717) is 27.6 Å². The highest BCUT2D eigenvalue weighted by Gasteiger charge is 2.33. The average Bonchev–Trinajstić information content (AvgIpc) is 3.11. The van der Waals surface area contributed by atoms with E-state index in [1.807, 2.05) is 0 Å². The molecule has 1 N–H and O–H groups in total. The number of carbonyl (C=O) groups is 3. The molecule has 1 heterocycles. The minimum Gasteiger partial charge on any atom is -0.545 e. The zero-order valence-electron chi connectivity index (χ0n) is 18.6. The van der Waals surface area contributed by atoms with E-state index in [1.165, 1.54) is 19.2 Å². The number of benzene rings is 3. The molecule has 0 aromatic heterocycles. The van der Waals surface area contributed by atoms with Crippen LogP contribution in [0.4, 0.5) is 4.79 Å². The Kier molecular flexibility index (Phi) is 7.03. The van der Waals surface area contributed by atoms with E-state index in [1.54, 1.807) is 60.7 Å². The summed E-state index contributed by atoms with van der Waals surface area (Å²) in [4.78, 5) is 37.3. The highest BCUT2D eigenvalue weighted by molar-refractivity contribution is 6.30. The molecule has 1 fully saturated rings. The van der Waals surface area contributed by atoms with Gasteiger partial charge in [0.15, 0.2) is 11.5 Å². The van der Waals surface area contributed by atoms with Gasteiger partial charge in [0.05, 0.1) is 19.6 Å². The maximum absolute atomic E-state index is 12.8. The fraction of sp³-hybridized carbons (Fsp3) is 0.115. The Hall–Kier alpha value is -4.30. The van der Waals surface area contributed by atoms with Gasteiger partial charge < -0.3 is 24.7 Å². The maximum Gasteiger partial charge on any atom is 0.329 e. The van der Waals surface area contributed by atoms with Gasteiger partial charge in [0.2, 0.25) is 0 Å². The number of carbonyl (C=O) groups excluding carboxylic acids is 3. The number of nitrogens with zero attached hydrogens (tertiary/aromatic N) is 1. The molecule has 0 spiro atoms. The number of hydrogen-bond acceptors (Lipinski definition) is 6. The average molecular weight is 492 g/mol. The third-order valence-corrected chi connectivity index (χ3v) is 5.52. The first-order chi connectivity index (χ1) is 16.8. The van der Waals surface area contributed by atoms with Crippen LogP contribution >= 0.6 is 11.6 Å². The summed E-state index contributed by atoms with van der Waals surface area (Å²) in [6, 6.07) is 17.7. The van der Waals surface area contributed by atoms with Gasteiger partial charge in [-0.2, -0.15) is 0 Å². The molecule has 9 heteroatoms. The molecule has 8 nitrogen and oxygen atoms in total. The van der Waals surface area contributed by atoms with Gasteiger partial charge in [-0.1, -0.05) is 48.0 Å². The Balaban J connectivity index is 1.47. The van der Waals surface area contributed by atoms with Gasteiger partial charge >= 0.3 is 6.03 Å². The van der Waals surface area contributed by atoms with Crippen molar-refractivity contribution in [3.05, 3.63) is 99.7 Å². The summed E-state index contributed by atoms with van der Waals surface area (Å²) in [5.41, 5.74) is 2.24. The number of rotatable bonds is 8. The smallest absolute Gasteiger partial charge is 0.329 e. The quantitative estimate of drug-likeness (QED) is 0.382. The summed E-state index contributed by atoms with van der Waals surface area (Å²) in [6.45, 7) is 0.237. The number of urea groups is 1. The Morgan fingerprint density at radius 1 is 1.03 bits per heavy atom. The van der Waals surface area contributed by atoms with Crippen molar-refractivity contribution in [2.75, 3.05) is 7.11 Å². The zero-order chi connectivity index (χ0) is 24.9. The Labute approximate surface area is 206 Å². The second-order valence-corrected chi connectivity index (χ2v) is 8.13. The normalized spacial score (nSPS) is 14.2. The van der Waals surface area contributed by atoms with Crippen molar-refractivity contribution < 1.29 is 29.0 Å². The number of carboxylic acids is 1. The highest BCUT2D eigenvalue weighted by atomic mass is 35.5. The highest BCUT2D eigenvalue weighted by Crippen LogP contribution is 2.30. The monoisotopic (exact) mass is 491 g/mol. The Morgan fingerprint density at radius 2 is 1.80 bits per heavy atom. The van der Waals surface area contributed by atoms with Crippen molar-refractivity contribution in [3.8, 4) is 11.5 Å². The lowest BCUT2D eigenvalue weighted by molar-refractivity contribution is -0.255. The summed E-state index contributed by atoms with van der Waals surface area (Å²) >= 11 is 5.89. The van der Waals surface area contributed by atoms with E-state index in [9.17, 15) is 19.5 Å². The van der Waals surface area contributed by atoms with E-state index in [2.05, 4.69) is 5.32 Å². The molecule has 0 bridgehead atoms. The van der Waals surface area contributed by atoms with Crippen LogP contribution in [0.1, 0.15) is 27.0 Å². The van der Waals surface area contributed by atoms with Gasteiger partial charge in [-0.3, -0.25) is 9.69 Å². The van der Waals surface area contributed by atoms with Crippen molar-refractivity contribution in [1.82, 2.24) is 10.2 Å². The van der Waals surface area contributed by atoms with Crippen LogP contribution in [0.25, 0.3) is 6.08 Å².